The van der Waals surface area contributed by atoms with Crippen LogP contribution in [0.25, 0.3) is 0 Å². The average molecular weight is 362 g/mol. The quantitative estimate of drug-likeness (QED) is 0.618. The van der Waals surface area contributed by atoms with E-state index >= 15 is 0 Å². The van der Waals surface area contributed by atoms with Crippen molar-refractivity contribution in [2.45, 2.75) is 26.4 Å². The molecule has 0 aromatic heterocycles. The summed E-state index contributed by atoms with van der Waals surface area (Å²) in [6.45, 7) is 5.26. The van der Waals surface area contributed by atoms with Gasteiger partial charge < -0.3 is 29.7 Å². The first kappa shape index (κ1) is 18.1. The van der Waals surface area contributed by atoms with Gasteiger partial charge >= 0.3 is 12.0 Å². The maximum Gasteiger partial charge on any atom is 0.338 e. The molecule has 2 aliphatic rings. The average Bonchev–Trinajstić information content (AvgIpc) is 3.01. The number of esters is 1. The van der Waals surface area contributed by atoms with Gasteiger partial charge in [-0.15, -0.1) is 0 Å². The molecule has 2 amide bonds. The first-order valence-electron chi connectivity index (χ1n) is 8.65. The van der Waals surface area contributed by atoms with E-state index in [0.29, 0.717) is 24.4 Å². The lowest BCUT2D eigenvalue weighted by Gasteiger charge is -2.27. The van der Waals surface area contributed by atoms with Crippen molar-refractivity contribution in [1.29, 1.82) is 0 Å². The zero-order chi connectivity index (χ0) is 18.7. The van der Waals surface area contributed by atoms with E-state index < -0.39 is 12.0 Å². The van der Waals surface area contributed by atoms with E-state index in [1.165, 1.54) is 0 Å². The monoisotopic (exact) mass is 362 g/mol. The van der Waals surface area contributed by atoms with Crippen LogP contribution in [0.15, 0.2) is 29.5 Å². The lowest BCUT2D eigenvalue weighted by Crippen LogP contribution is -3.08. The van der Waals surface area contributed by atoms with E-state index in [0.717, 1.165) is 22.0 Å². The summed E-state index contributed by atoms with van der Waals surface area (Å²) in [7, 11) is 2.00. The fraction of sp³-hybridized carbons (Fsp3) is 0.444. The number of benzene rings is 1. The van der Waals surface area contributed by atoms with Crippen molar-refractivity contribution >= 4 is 12.0 Å². The summed E-state index contributed by atoms with van der Waals surface area (Å²) < 4.78 is 15.9. The number of urea groups is 1. The highest BCUT2D eigenvalue weighted by atomic mass is 16.7. The van der Waals surface area contributed by atoms with Crippen LogP contribution in [0.5, 0.6) is 11.5 Å². The van der Waals surface area contributed by atoms with E-state index in [9.17, 15) is 9.59 Å². The van der Waals surface area contributed by atoms with E-state index in [2.05, 4.69) is 10.6 Å². The van der Waals surface area contributed by atoms with Crippen LogP contribution in [-0.4, -0.2) is 45.0 Å². The summed E-state index contributed by atoms with van der Waals surface area (Å²) in [5.74, 6) is 1.09. The standard InChI is InChI=1S/C18H23N3O5/c1-4-24-17(22)16-11(2)19-18(23)20-13(16)9-21(3)8-12-5-6-14-15(7-12)26-10-25-14/h5-7,11H,4,8-10H2,1-3H3,(H2,19,20,23)/p+1/t11-/m1/s1. The van der Waals surface area contributed by atoms with Crippen LogP contribution in [-0.2, 0) is 16.1 Å². The molecule has 0 radical (unpaired) electrons. The predicted molar refractivity (Wildman–Crippen MR) is 92.8 cm³/mol. The van der Waals surface area contributed by atoms with Gasteiger partial charge in [0.15, 0.2) is 11.5 Å². The molecular weight excluding hydrogens is 338 g/mol. The second kappa shape index (κ2) is 7.65. The number of hydrogen-bond acceptors (Lipinski definition) is 5. The lowest BCUT2D eigenvalue weighted by atomic mass is 10.0. The van der Waals surface area contributed by atoms with Crippen molar-refractivity contribution in [2.24, 2.45) is 0 Å². The minimum absolute atomic E-state index is 0.244. The minimum atomic E-state index is -0.404. The minimum Gasteiger partial charge on any atom is -0.463 e. The lowest BCUT2D eigenvalue weighted by molar-refractivity contribution is -0.889. The van der Waals surface area contributed by atoms with Crippen molar-refractivity contribution in [3.8, 4) is 11.5 Å². The van der Waals surface area contributed by atoms with Gasteiger partial charge in [-0.05, 0) is 32.0 Å². The van der Waals surface area contributed by atoms with Gasteiger partial charge in [0.2, 0.25) is 6.79 Å². The van der Waals surface area contributed by atoms with Crippen LogP contribution >= 0.6 is 0 Å². The number of ether oxygens (including phenoxy) is 3. The normalized spacial score (nSPS) is 19.7. The Morgan fingerprint density at radius 2 is 2.08 bits per heavy atom. The first-order valence-corrected chi connectivity index (χ1v) is 8.65. The van der Waals surface area contributed by atoms with E-state index in [4.69, 9.17) is 14.2 Å². The molecular formula is C18H24N3O5+. The second-order valence-corrected chi connectivity index (χ2v) is 6.43. The number of amides is 2. The van der Waals surface area contributed by atoms with Crippen molar-refractivity contribution in [1.82, 2.24) is 10.6 Å². The SMILES string of the molecule is CCOC(=O)C1=C(C[NH+](C)Cc2ccc3c(c2)OCO3)NC(=O)N[C@@H]1C. The van der Waals surface area contributed by atoms with Gasteiger partial charge in [0.1, 0.15) is 13.1 Å². The molecule has 0 aliphatic carbocycles. The molecule has 1 unspecified atom stereocenters. The third kappa shape index (κ3) is 3.91. The van der Waals surface area contributed by atoms with E-state index in [1.54, 1.807) is 13.8 Å². The first-order chi connectivity index (χ1) is 12.5. The third-order valence-electron chi connectivity index (χ3n) is 4.29. The van der Waals surface area contributed by atoms with Gasteiger partial charge in [-0.1, -0.05) is 0 Å². The Balaban J connectivity index is 1.74. The van der Waals surface area contributed by atoms with Crippen LogP contribution in [0.4, 0.5) is 4.79 Å². The summed E-state index contributed by atoms with van der Waals surface area (Å²) in [6.07, 6.45) is 0. The van der Waals surface area contributed by atoms with Crippen molar-refractivity contribution in [3.63, 3.8) is 0 Å². The Morgan fingerprint density at radius 3 is 2.85 bits per heavy atom. The number of quaternary nitrogens is 1. The van der Waals surface area contributed by atoms with Gasteiger partial charge in [-0.25, -0.2) is 9.59 Å². The maximum atomic E-state index is 12.3. The molecule has 26 heavy (non-hydrogen) atoms. The number of hydrogen-bond donors (Lipinski definition) is 3. The highest BCUT2D eigenvalue weighted by molar-refractivity contribution is 5.94. The summed E-state index contributed by atoms with van der Waals surface area (Å²) >= 11 is 0. The Bertz CT molecular complexity index is 746. The van der Waals surface area contributed by atoms with Crippen LogP contribution < -0.4 is 25.0 Å². The van der Waals surface area contributed by atoms with E-state index in [1.807, 2.05) is 25.2 Å². The number of likely N-dealkylation sites (N-methyl/N-ethyl adjacent to an activating group) is 1. The molecule has 0 spiro atoms. The Hall–Kier alpha value is -2.74. The highest BCUT2D eigenvalue weighted by Gasteiger charge is 2.31. The van der Waals surface area contributed by atoms with Crippen molar-refractivity contribution in [2.75, 3.05) is 27.0 Å². The Morgan fingerprint density at radius 1 is 1.31 bits per heavy atom. The number of nitrogens with one attached hydrogen (secondary N) is 3. The topological polar surface area (TPSA) is 90.3 Å². The summed E-state index contributed by atoms with van der Waals surface area (Å²) in [4.78, 5) is 25.2. The van der Waals surface area contributed by atoms with Crippen LogP contribution in [0.1, 0.15) is 19.4 Å². The largest absolute Gasteiger partial charge is 0.463 e. The Labute approximate surface area is 152 Å². The zero-order valence-corrected chi connectivity index (χ0v) is 15.2. The Kier molecular flexibility index (Phi) is 5.32. The molecule has 3 N–H and O–H groups in total. The van der Waals surface area contributed by atoms with Gasteiger partial charge in [-0.2, -0.15) is 0 Å². The molecule has 0 bridgehead atoms. The molecule has 8 heteroatoms. The molecule has 0 saturated carbocycles. The van der Waals surface area contributed by atoms with Crippen LogP contribution in [0.3, 0.4) is 0 Å². The molecule has 2 atom stereocenters. The molecule has 1 aromatic rings. The number of fused-ring (bicyclic) bond motifs is 1. The van der Waals surface area contributed by atoms with Crippen molar-refractivity contribution in [3.05, 3.63) is 35.0 Å². The zero-order valence-electron chi connectivity index (χ0n) is 15.2. The van der Waals surface area contributed by atoms with Gasteiger partial charge in [-0.3, -0.25) is 0 Å². The van der Waals surface area contributed by atoms with Crippen molar-refractivity contribution < 1.29 is 28.7 Å². The highest BCUT2D eigenvalue weighted by Crippen LogP contribution is 2.32. The molecule has 8 nitrogen and oxygen atoms in total. The number of carbonyl (C=O) groups is 2. The molecule has 2 aliphatic heterocycles. The molecule has 3 rings (SSSR count). The smallest absolute Gasteiger partial charge is 0.338 e. The molecule has 0 saturated heterocycles. The summed E-state index contributed by atoms with van der Waals surface area (Å²) in [5, 5.41) is 5.46. The molecule has 2 heterocycles. The third-order valence-corrected chi connectivity index (χ3v) is 4.29. The summed E-state index contributed by atoms with van der Waals surface area (Å²) in [6, 6.07) is 5.13. The molecule has 1 aromatic carbocycles. The number of rotatable bonds is 6. The molecule has 0 fully saturated rings. The van der Waals surface area contributed by atoms with Crippen LogP contribution in [0, 0.1) is 0 Å². The fourth-order valence-corrected chi connectivity index (χ4v) is 3.18. The summed E-state index contributed by atoms with van der Waals surface area (Å²) in [5.41, 5.74) is 2.15. The maximum absolute atomic E-state index is 12.3. The van der Waals surface area contributed by atoms with Gasteiger partial charge in [0, 0.05) is 5.56 Å². The van der Waals surface area contributed by atoms with Gasteiger partial charge in [0.05, 0.1) is 31.0 Å². The van der Waals surface area contributed by atoms with Gasteiger partial charge in [0.25, 0.3) is 0 Å². The number of carbonyl (C=O) groups excluding carboxylic acids is 2. The predicted octanol–water partition coefficient (Wildman–Crippen LogP) is -0.0515. The second-order valence-electron chi connectivity index (χ2n) is 6.43. The molecule has 140 valence electrons. The fourth-order valence-electron chi connectivity index (χ4n) is 3.18. The van der Waals surface area contributed by atoms with E-state index in [-0.39, 0.29) is 19.4 Å². The van der Waals surface area contributed by atoms with Crippen LogP contribution in [0.2, 0.25) is 0 Å².